The molecule has 3 rings (SSSR count). The number of alkyl halides is 6. The van der Waals surface area contributed by atoms with E-state index in [2.05, 4.69) is 20.2 Å². The van der Waals surface area contributed by atoms with Crippen molar-refractivity contribution in [3.8, 4) is 11.4 Å². The van der Waals surface area contributed by atoms with Gasteiger partial charge in [0.1, 0.15) is 0 Å². The zero-order chi connectivity index (χ0) is 21.6. The van der Waals surface area contributed by atoms with E-state index in [1.165, 1.54) is 17.9 Å². The second-order valence-electron chi connectivity index (χ2n) is 5.60. The molecular formula is C14H8F6N6O2S. The highest BCUT2D eigenvalue weighted by atomic mass is 32.2. The lowest BCUT2D eigenvalue weighted by molar-refractivity contribution is -0.392. The van der Waals surface area contributed by atoms with Crippen LogP contribution in [0.2, 0.25) is 0 Å². The Labute approximate surface area is 161 Å². The maximum absolute atomic E-state index is 13.0. The van der Waals surface area contributed by atoms with Gasteiger partial charge in [0, 0.05) is 12.6 Å². The molecule has 1 aromatic carbocycles. The molecule has 0 radical (unpaired) electrons. The van der Waals surface area contributed by atoms with Gasteiger partial charge in [-0.2, -0.15) is 31.4 Å². The van der Waals surface area contributed by atoms with Gasteiger partial charge in [0.25, 0.3) is 0 Å². The van der Waals surface area contributed by atoms with Crippen LogP contribution in [0.25, 0.3) is 11.4 Å². The van der Waals surface area contributed by atoms with Gasteiger partial charge in [-0.05, 0) is 39.9 Å². The van der Waals surface area contributed by atoms with E-state index in [9.17, 15) is 36.5 Å². The molecule has 0 atom stereocenters. The maximum atomic E-state index is 13.0. The number of rotatable bonds is 4. The average molecular weight is 438 g/mol. The van der Waals surface area contributed by atoms with E-state index in [1.807, 2.05) is 0 Å². The minimum atomic E-state index is -5.01. The Balaban J connectivity index is 2.00. The van der Waals surface area contributed by atoms with Crippen molar-refractivity contribution >= 4 is 17.6 Å². The van der Waals surface area contributed by atoms with Gasteiger partial charge in [0.05, 0.1) is 11.1 Å². The molecule has 0 bridgehead atoms. The number of aromatic amines is 1. The summed E-state index contributed by atoms with van der Waals surface area (Å²) in [6.45, 7) is 0. The van der Waals surface area contributed by atoms with Crippen molar-refractivity contribution in [2.45, 2.75) is 22.5 Å². The topological polar surface area (TPSA) is 103 Å². The van der Waals surface area contributed by atoms with E-state index < -0.39 is 45.6 Å². The maximum Gasteiger partial charge on any atom is 0.416 e. The molecule has 0 unspecified atom stereocenters. The van der Waals surface area contributed by atoms with Crippen LogP contribution in [0, 0.1) is 10.1 Å². The lowest BCUT2D eigenvalue weighted by atomic mass is 10.0. The first-order valence-corrected chi connectivity index (χ1v) is 8.23. The minimum Gasteiger partial charge on any atom is -0.358 e. The lowest BCUT2D eigenvalue weighted by Gasteiger charge is -2.13. The van der Waals surface area contributed by atoms with E-state index in [4.69, 9.17) is 0 Å². The predicted molar refractivity (Wildman–Crippen MR) is 85.8 cm³/mol. The SMILES string of the molecule is Cn1cnc([N+](=O)[O-])c1Sc1nc(-c2cc(C(F)(F)F)cc(C(F)(F)F)c2)n[nH]1. The summed E-state index contributed by atoms with van der Waals surface area (Å²) >= 11 is 0.696. The number of imidazole rings is 1. The highest BCUT2D eigenvalue weighted by molar-refractivity contribution is 7.99. The van der Waals surface area contributed by atoms with Crippen LogP contribution in [0.5, 0.6) is 0 Å². The van der Waals surface area contributed by atoms with Crippen molar-refractivity contribution in [1.82, 2.24) is 24.7 Å². The van der Waals surface area contributed by atoms with Crippen LogP contribution < -0.4 is 0 Å². The standard InChI is InChI=1S/C14H8F6N6O2S/c1-25-5-21-10(26(27)28)11(25)29-12-22-9(23-24-12)6-2-7(13(15,16)17)4-8(3-6)14(18,19)20/h2-5H,1H3,(H,22,23,24). The molecule has 3 aromatic rings. The summed E-state index contributed by atoms with van der Waals surface area (Å²) in [6.07, 6.45) is -8.86. The van der Waals surface area contributed by atoms with E-state index in [0.717, 1.165) is 0 Å². The van der Waals surface area contributed by atoms with Crippen LogP contribution >= 0.6 is 11.8 Å². The van der Waals surface area contributed by atoms with Gasteiger partial charge in [-0.25, -0.2) is 4.98 Å². The van der Waals surface area contributed by atoms with Crippen molar-refractivity contribution < 1.29 is 31.3 Å². The summed E-state index contributed by atoms with van der Waals surface area (Å²) in [5.41, 5.74) is -3.54. The second kappa shape index (κ2) is 7.06. The number of aromatic nitrogens is 5. The van der Waals surface area contributed by atoms with Crippen LogP contribution in [-0.4, -0.2) is 29.7 Å². The van der Waals surface area contributed by atoms with Gasteiger partial charge < -0.3 is 14.7 Å². The fourth-order valence-corrected chi connectivity index (χ4v) is 3.06. The highest BCUT2D eigenvalue weighted by Gasteiger charge is 2.37. The number of benzene rings is 1. The van der Waals surface area contributed by atoms with Gasteiger partial charge in [-0.1, -0.05) is 0 Å². The molecule has 0 fully saturated rings. The third-order valence-electron chi connectivity index (χ3n) is 3.54. The fraction of sp³-hybridized carbons (Fsp3) is 0.214. The molecule has 29 heavy (non-hydrogen) atoms. The highest BCUT2D eigenvalue weighted by Crippen LogP contribution is 2.38. The number of nitrogens with one attached hydrogen (secondary N) is 1. The molecule has 154 valence electrons. The van der Waals surface area contributed by atoms with E-state index >= 15 is 0 Å². The zero-order valence-electron chi connectivity index (χ0n) is 14.0. The average Bonchev–Trinajstić information content (AvgIpc) is 3.21. The molecule has 0 aliphatic rings. The number of hydrogen-bond donors (Lipinski definition) is 1. The Morgan fingerprint density at radius 2 is 1.69 bits per heavy atom. The van der Waals surface area contributed by atoms with Crippen LogP contribution in [0.3, 0.4) is 0 Å². The van der Waals surface area contributed by atoms with Gasteiger partial charge in [0.2, 0.25) is 6.33 Å². The number of aryl methyl sites for hydroxylation is 1. The first-order valence-electron chi connectivity index (χ1n) is 7.42. The number of halogens is 6. The van der Waals surface area contributed by atoms with Crippen molar-refractivity contribution in [2.24, 2.45) is 7.05 Å². The Bertz CT molecular complexity index is 1040. The van der Waals surface area contributed by atoms with Gasteiger partial charge in [-0.15, -0.1) is 0 Å². The van der Waals surface area contributed by atoms with Crippen molar-refractivity contribution in [3.63, 3.8) is 0 Å². The minimum absolute atomic E-state index is 0.00911. The first kappa shape index (κ1) is 20.6. The van der Waals surface area contributed by atoms with Crippen LogP contribution in [0.4, 0.5) is 32.2 Å². The molecule has 0 saturated heterocycles. The summed E-state index contributed by atoms with van der Waals surface area (Å²) in [5, 5.41) is 16.9. The summed E-state index contributed by atoms with van der Waals surface area (Å²) in [7, 11) is 1.46. The number of hydrogen-bond acceptors (Lipinski definition) is 6. The molecule has 8 nitrogen and oxygen atoms in total. The lowest BCUT2D eigenvalue weighted by Crippen LogP contribution is -2.11. The molecule has 2 aromatic heterocycles. The Hall–Kier alpha value is -3.10. The summed E-state index contributed by atoms with van der Waals surface area (Å²) < 4.78 is 79.2. The van der Waals surface area contributed by atoms with E-state index in [1.54, 1.807) is 0 Å². The third-order valence-corrected chi connectivity index (χ3v) is 4.58. The Morgan fingerprint density at radius 3 is 2.21 bits per heavy atom. The molecule has 2 heterocycles. The molecular weight excluding hydrogens is 430 g/mol. The van der Waals surface area contributed by atoms with Gasteiger partial charge in [-0.3, -0.25) is 5.10 Å². The molecule has 0 spiro atoms. The van der Waals surface area contributed by atoms with Crippen molar-refractivity contribution in [2.75, 3.05) is 0 Å². The largest absolute Gasteiger partial charge is 0.416 e. The second-order valence-corrected chi connectivity index (χ2v) is 6.58. The first-order chi connectivity index (χ1) is 13.4. The zero-order valence-corrected chi connectivity index (χ0v) is 14.9. The molecule has 0 aliphatic heterocycles. The van der Waals surface area contributed by atoms with Crippen molar-refractivity contribution in [3.05, 3.63) is 45.8 Å². The smallest absolute Gasteiger partial charge is 0.358 e. The van der Waals surface area contributed by atoms with Gasteiger partial charge in [0.15, 0.2) is 16.0 Å². The Morgan fingerprint density at radius 1 is 1.10 bits per heavy atom. The predicted octanol–water partition coefficient (Wildman–Crippen LogP) is 4.30. The summed E-state index contributed by atoms with van der Waals surface area (Å²) in [6, 6.07) is 0.962. The molecule has 0 saturated carbocycles. The fourth-order valence-electron chi connectivity index (χ4n) is 2.25. The quantitative estimate of drug-likeness (QED) is 0.370. The van der Waals surface area contributed by atoms with E-state index in [0.29, 0.717) is 23.9 Å². The van der Waals surface area contributed by atoms with E-state index in [-0.39, 0.29) is 16.2 Å². The molecule has 15 heteroatoms. The van der Waals surface area contributed by atoms with Crippen LogP contribution in [0.15, 0.2) is 34.7 Å². The number of H-pyrrole nitrogens is 1. The van der Waals surface area contributed by atoms with Crippen LogP contribution in [-0.2, 0) is 19.4 Å². The summed E-state index contributed by atoms with van der Waals surface area (Å²) in [5.74, 6) is -0.928. The Kier molecular flexibility index (Phi) is 5.02. The monoisotopic (exact) mass is 438 g/mol. The molecule has 0 aliphatic carbocycles. The molecule has 0 amide bonds. The molecule has 1 N–H and O–H groups in total. The number of nitrogens with zero attached hydrogens (tertiary/aromatic N) is 5. The van der Waals surface area contributed by atoms with Crippen LogP contribution in [0.1, 0.15) is 11.1 Å². The normalized spacial score (nSPS) is 12.4. The summed E-state index contributed by atoms with van der Waals surface area (Å²) in [4.78, 5) is 17.6. The number of nitro groups is 1. The third kappa shape index (κ3) is 4.33. The van der Waals surface area contributed by atoms with Crippen molar-refractivity contribution in [1.29, 1.82) is 0 Å². The van der Waals surface area contributed by atoms with Gasteiger partial charge >= 0.3 is 18.2 Å².